The number of ether oxygens (including phenoxy) is 1. The smallest absolute Gasteiger partial charge is 0.352 e. The molecule has 2 aromatic rings. The van der Waals surface area contributed by atoms with Gasteiger partial charge in [-0.25, -0.2) is 4.79 Å². The molecule has 0 saturated carbocycles. The lowest BCUT2D eigenvalue weighted by Crippen LogP contribution is -1.97. The predicted molar refractivity (Wildman–Crippen MR) is 61.6 cm³/mol. The summed E-state index contributed by atoms with van der Waals surface area (Å²) >= 11 is 5.95. The van der Waals surface area contributed by atoms with Gasteiger partial charge in [-0.15, -0.1) is 0 Å². The van der Waals surface area contributed by atoms with Crippen LogP contribution in [-0.2, 0) is 0 Å². The van der Waals surface area contributed by atoms with Crippen LogP contribution < -0.4 is 4.74 Å². The number of hydrogen-bond acceptors (Lipinski definition) is 2. The Balaban J connectivity index is 2.77. The number of aromatic nitrogens is 1. The number of benzene rings is 1. The summed E-state index contributed by atoms with van der Waals surface area (Å²) in [5, 5.41) is 10.2. The molecule has 4 nitrogen and oxygen atoms in total. The van der Waals surface area contributed by atoms with E-state index >= 15 is 0 Å². The zero-order chi connectivity index (χ0) is 11.9. The molecule has 16 heavy (non-hydrogen) atoms. The number of methoxy groups -OCH3 is 1. The van der Waals surface area contributed by atoms with E-state index < -0.39 is 5.97 Å². The van der Waals surface area contributed by atoms with E-state index in [1.165, 1.54) is 7.11 Å². The quantitative estimate of drug-likeness (QED) is 0.847. The third-order valence-electron chi connectivity index (χ3n) is 2.54. The van der Waals surface area contributed by atoms with Crippen molar-refractivity contribution in [3.8, 4) is 5.75 Å². The molecule has 0 radical (unpaired) electrons. The lowest BCUT2D eigenvalue weighted by Gasteiger charge is -2.02. The van der Waals surface area contributed by atoms with E-state index in [1.807, 2.05) is 0 Å². The number of carbonyl (C=O) groups is 1. The van der Waals surface area contributed by atoms with Gasteiger partial charge >= 0.3 is 5.97 Å². The van der Waals surface area contributed by atoms with Crippen molar-refractivity contribution >= 4 is 28.5 Å². The molecule has 0 atom stereocenters. The third-order valence-corrected chi connectivity index (χ3v) is 2.84. The van der Waals surface area contributed by atoms with E-state index in [2.05, 4.69) is 4.98 Å². The summed E-state index contributed by atoms with van der Waals surface area (Å²) in [5.41, 5.74) is 1.55. The standard InChI is InChI=1S/C11H10ClNO3/c1-5-6-3-9(16-2)7(12)4-8(6)13-10(5)11(14)15/h3-4,13H,1-2H3,(H,14,15). The molecule has 0 fully saturated rings. The Hall–Kier alpha value is -1.68. The van der Waals surface area contributed by atoms with Crippen molar-refractivity contribution in [3.05, 3.63) is 28.4 Å². The minimum atomic E-state index is -0.983. The van der Waals surface area contributed by atoms with Gasteiger partial charge in [0.2, 0.25) is 0 Å². The van der Waals surface area contributed by atoms with Gasteiger partial charge < -0.3 is 14.8 Å². The first kappa shape index (κ1) is 10.8. The number of fused-ring (bicyclic) bond motifs is 1. The molecule has 0 bridgehead atoms. The number of rotatable bonds is 2. The molecule has 0 aliphatic heterocycles. The molecule has 0 amide bonds. The first-order valence-corrected chi connectivity index (χ1v) is 5.01. The Morgan fingerprint density at radius 1 is 1.50 bits per heavy atom. The second-order valence-corrected chi connectivity index (χ2v) is 3.87. The van der Waals surface area contributed by atoms with Crippen molar-refractivity contribution in [3.63, 3.8) is 0 Å². The van der Waals surface area contributed by atoms with Gasteiger partial charge in [0.05, 0.1) is 12.1 Å². The molecule has 0 aliphatic carbocycles. The largest absolute Gasteiger partial charge is 0.495 e. The number of H-pyrrole nitrogens is 1. The molecule has 5 heteroatoms. The van der Waals surface area contributed by atoms with E-state index in [9.17, 15) is 4.79 Å². The van der Waals surface area contributed by atoms with Crippen LogP contribution in [0.4, 0.5) is 0 Å². The summed E-state index contributed by atoms with van der Waals surface area (Å²) in [6.07, 6.45) is 0. The zero-order valence-corrected chi connectivity index (χ0v) is 9.55. The van der Waals surface area contributed by atoms with Crippen LogP contribution in [0.5, 0.6) is 5.75 Å². The van der Waals surface area contributed by atoms with Crippen molar-refractivity contribution in [1.29, 1.82) is 0 Å². The SMILES string of the molecule is COc1cc2c(C)c(C(=O)O)[nH]c2cc1Cl. The molecule has 1 heterocycles. The maximum absolute atomic E-state index is 10.9. The Bertz CT molecular complexity index is 574. The van der Waals surface area contributed by atoms with Gasteiger partial charge in [-0.1, -0.05) is 11.6 Å². The molecular weight excluding hydrogens is 230 g/mol. The summed E-state index contributed by atoms with van der Waals surface area (Å²) in [7, 11) is 1.52. The Labute approximate surface area is 96.8 Å². The fraction of sp³-hybridized carbons (Fsp3) is 0.182. The van der Waals surface area contributed by atoms with Crippen LogP contribution in [0.1, 0.15) is 16.1 Å². The highest BCUT2D eigenvalue weighted by Crippen LogP contribution is 2.32. The Morgan fingerprint density at radius 3 is 2.75 bits per heavy atom. The van der Waals surface area contributed by atoms with E-state index in [4.69, 9.17) is 21.4 Å². The molecule has 84 valence electrons. The summed E-state index contributed by atoms with van der Waals surface area (Å²) in [6.45, 7) is 1.75. The lowest BCUT2D eigenvalue weighted by atomic mass is 10.1. The fourth-order valence-corrected chi connectivity index (χ4v) is 1.94. The number of carboxylic acids is 1. The first-order chi connectivity index (χ1) is 7.54. The highest BCUT2D eigenvalue weighted by molar-refractivity contribution is 6.32. The van der Waals surface area contributed by atoms with Crippen LogP contribution in [0.15, 0.2) is 12.1 Å². The fourth-order valence-electron chi connectivity index (χ4n) is 1.70. The second-order valence-electron chi connectivity index (χ2n) is 3.46. The highest BCUT2D eigenvalue weighted by Gasteiger charge is 2.15. The molecule has 0 saturated heterocycles. The van der Waals surface area contributed by atoms with Crippen LogP contribution >= 0.6 is 11.6 Å². The monoisotopic (exact) mass is 239 g/mol. The minimum absolute atomic E-state index is 0.180. The Kier molecular flexibility index (Phi) is 2.52. The van der Waals surface area contributed by atoms with Gasteiger partial charge in [0.15, 0.2) is 0 Å². The number of halogens is 1. The first-order valence-electron chi connectivity index (χ1n) is 4.63. The van der Waals surface area contributed by atoms with Gasteiger partial charge in [-0.05, 0) is 24.6 Å². The normalized spacial score (nSPS) is 10.7. The van der Waals surface area contributed by atoms with Gasteiger partial charge in [0.1, 0.15) is 11.4 Å². The topological polar surface area (TPSA) is 62.3 Å². The number of carboxylic acid groups (broad SMARTS) is 1. The van der Waals surface area contributed by atoms with Crippen molar-refractivity contribution in [2.45, 2.75) is 6.92 Å². The third kappa shape index (κ3) is 1.51. The summed E-state index contributed by atoms with van der Waals surface area (Å²) in [5.74, 6) is -0.447. The number of aryl methyl sites for hydroxylation is 1. The van der Waals surface area contributed by atoms with Crippen LogP contribution in [0, 0.1) is 6.92 Å². The number of nitrogens with one attached hydrogen (secondary N) is 1. The number of aromatic carboxylic acids is 1. The molecule has 0 aliphatic rings. The lowest BCUT2D eigenvalue weighted by molar-refractivity contribution is 0.0691. The van der Waals surface area contributed by atoms with Crippen LogP contribution in [0.3, 0.4) is 0 Å². The van der Waals surface area contributed by atoms with Crippen molar-refractivity contribution < 1.29 is 14.6 Å². The molecule has 2 rings (SSSR count). The Morgan fingerprint density at radius 2 is 2.19 bits per heavy atom. The summed E-state index contributed by atoms with van der Waals surface area (Å²) in [6, 6.07) is 3.39. The maximum atomic E-state index is 10.9. The predicted octanol–water partition coefficient (Wildman–Crippen LogP) is 2.84. The van der Waals surface area contributed by atoms with Crippen LogP contribution in [-0.4, -0.2) is 23.2 Å². The average Bonchev–Trinajstić information content (AvgIpc) is 2.54. The van der Waals surface area contributed by atoms with E-state index in [0.29, 0.717) is 21.9 Å². The molecule has 0 unspecified atom stereocenters. The maximum Gasteiger partial charge on any atom is 0.352 e. The summed E-state index contributed by atoms with van der Waals surface area (Å²) in [4.78, 5) is 13.8. The molecular formula is C11H10ClNO3. The van der Waals surface area contributed by atoms with Gasteiger partial charge in [-0.2, -0.15) is 0 Å². The van der Waals surface area contributed by atoms with Gasteiger partial charge in [0.25, 0.3) is 0 Å². The van der Waals surface area contributed by atoms with E-state index in [1.54, 1.807) is 19.1 Å². The average molecular weight is 240 g/mol. The number of aromatic amines is 1. The van der Waals surface area contributed by atoms with Crippen LogP contribution in [0.25, 0.3) is 10.9 Å². The molecule has 1 aromatic heterocycles. The highest BCUT2D eigenvalue weighted by atomic mass is 35.5. The van der Waals surface area contributed by atoms with Gasteiger partial charge in [0, 0.05) is 10.9 Å². The van der Waals surface area contributed by atoms with E-state index in [0.717, 1.165) is 5.39 Å². The van der Waals surface area contributed by atoms with Crippen molar-refractivity contribution in [1.82, 2.24) is 4.98 Å². The number of hydrogen-bond donors (Lipinski definition) is 2. The molecule has 2 N–H and O–H groups in total. The van der Waals surface area contributed by atoms with Gasteiger partial charge in [-0.3, -0.25) is 0 Å². The zero-order valence-electron chi connectivity index (χ0n) is 8.80. The molecule has 1 aromatic carbocycles. The second kappa shape index (κ2) is 3.72. The van der Waals surface area contributed by atoms with E-state index in [-0.39, 0.29) is 5.69 Å². The van der Waals surface area contributed by atoms with Crippen LogP contribution in [0.2, 0.25) is 5.02 Å². The van der Waals surface area contributed by atoms with Crippen molar-refractivity contribution in [2.24, 2.45) is 0 Å². The minimum Gasteiger partial charge on any atom is -0.495 e. The van der Waals surface area contributed by atoms with Crippen molar-refractivity contribution in [2.75, 3.05) is 7.11 Å². The summed E-state index contributed by atoms with van der Waals surface area (Å²) < 4.78 is 5.08. The molecule has 0 spiro atoms.